The van der Waals surface area contributed by atoms with E-state index in [2.05, 4.69) is 21.0 Å². The van der Waals surface area contributed by atoms with Gasteiger partial charge in [0.15, 0.2) is 11.0 Å². The molecule has 174 valence electrons. The van der Waals surface area contributed by atoms with Crippen LogP contribution in [-0.2, 0) is 4.79 Å². The molecule has 0 bridgehead atoms. The summed E-state index contributed by atoms with van der Waals surface area (Å²) in [5, 5.41) is 11.1. The Kier molecular flexibility index (Phi) is 7.61. The number of hydrogen-bond acceptors (Lipinski definition) is 7. The first kappa shape index (κ1) is 23.5. The number of carbonyl (C=O) groups is 2. The second kappa shape index (κ2) is 11.0. The molecule has 10 heteroatoms. The second-order valence-electron chi connectivity index (χ2n) is 7.21. The van der Waals surface area contributed by atoms with E-state index in [1.807, 2.05) is 66.9 Å². The highest BCUT2D eigenvalue weighted by Crippen LogP contribution is 2.29. The number of nitrogens with zero attached hydrogens (tertiary/aromatic N) is 3. The molecule has 2 aromatic heterocycles. The standard InChI is InChI=1S/C24H23N5O3S2/c1-3-32-19-11-9-18(10-12-19)29-22(17-7-4-6-16(2)14-17)26-28-24(29)34-15-21(30)25-27-23(31)20-8-5-13-33-20/h4-14H,3,15H2,1-2H3,(H,25,30)(H,27,31). The van der Waals surface area contributed by atoms with Crippen LogP contribution in [0.2, 0.25) is 0 Å². The van der Waals surface area contributed by atoms with Gasteiger partial charge in [-0.15, -0.1) is 21.5 Å². The van der Waals surface area contributed by atoms with Crippen LogP contribution in [0.25, 0.3) is 17.1 Å². The Hall–Kier alpha value is -3.63. The molecule has 4 aromatic rings. The topological polar surface area (TPSA) is 98.1 Å². The van der Waals surface area contributed by atoms with Gasteiger partial charge in [-0.25, -0.2) is 0 Å². The first-order chi connectivity index (χ1) is 16.5. The van der Waals surface area contributed by atoms with Crippen molar-refractivity contribution in [2.24, 2.45) is 0 Å². The zero-order valence-corrected chi connectivity index (χ0v) is 20.3. The van der Waals surface area contributed by atoms with Crippen molar-refractivity contribution in [3.05, 3.63) is 76.5 Å². The first-order valence-electron chi connectivity index (χ1n) is 10.6. The number of hydrogen-bond donors (Lipinski definition) is 2. The number of carbonyl (C=O) groups excluding carboxylic acids is 2. The van der Waals surface area contributed by atoms with E-state index in [-0.39, 0.29) is 17.6 Å². The Morgan fingerprint density at radius 3 is 2.59 bits per heavy atom. The van der Waals surface area contributed by atoms with E-state index >= 15 is 0 Å². The maximum atomic E-state index is 12.4. The number of thiophene rings is 1. The molecule has 34 heavy (non-hydrogen) atoms. The van der Waals surface area contributed by atoms with Crippen LogP contribution in [-0.4, -0.2) is 38.9 Å². The number of ether oxygens (including phenoxy) is 1. The van der Waals surface area contributed by atoms with Gasteiger partial charge in [-0.1, -0.05) is 41.6 Å². The number of nitrogens with one attached hydrogen (secondary N) is 2. The van der Waals surface area contributed by atoms with Gasteiger partial charge in [0.1, 0.15) is 5.75 Å². The normalized spacial score (nSPS) is 10.6. The smallest absolute Gasteiger partial charge is 0.279 e. The lowest BCUT2D eigenvalue weighted by Crippen LogP contribution is -2.42. The number of benzene rings is 2. The molecule has 0 saturated heterocycles. The van der Waals surface area contributed by atoms with Gasteiger partial charge in [0, 0.05) is 11.3 Å². The largest absolute Gasteiger partial charge is 0.494 e. The van der Waals surface area contributed by atoms with Crippen molar-refractivity contribution < 1.29 is 14.3 Å². The van der Waals surface area contributed by atoms with Crippen molar-refractivity contribution in [2.45, 2.75) is 19.0 Å². The summed E-state index contributed by atoms with van der Waals surface area (Å²) >= 11 is 2.53. The predicted molar refractivity (Wildman–Crippen MR) is 133 cm³/mol. The Balaban J connectivity index is 1.53. The Labute approximate surface area is 205 Å². The molecule has 2 N–H and O–H groups in total. The van der Waals surface area contributed by atoms with Crippen molar-refractivity contribution in [2.75, 3.05) is 12.4 Å². The van der Waals surface area contributed by atoms with Gasteiger partial charge in [0.05, 0.1) is 17.2 Å². The predicted octanol–water partition coefficient (Wildman–Crippen LogP) is 4.26. The lowest BCUT2D eigenvalue weighted by molar-refractivity contribution is -0.119. The molecule has 0 aliphatic carbocycles. The number of aryl methyl sites for hydroxylation is 1. The van der Waals surface area contributed by atoms with Crippen molar-refractivity contribution >= 4 is 34.9 Å². The fourth-order valence-corrected chi connectivity index (χ4v) is 4.56. The molecule has 0 aliphatic heterocycles. The molecule has 0 spiro atoms. The molecule has 0 fully saturated rings. The molecule has 0 aliphatic rings. The number of aromatic nitrogens is 3. The molecule has 2 aromatic carbocycles. The molecule has 0 radical (unpaired) electrons. The van der Waals surface area contributed by atoms with E-state index in [1.165, 1.54) is 23.1 Å². The summed E-state index contributed by atoms with van der Waals surface area (Å²) in [6, 6.07) is 19.1. The van der Waals surface area contributed by atoms with Crippen LogP contribution in [0.5, 0.6) is 5.75 Å². The van der Waals surface area contributed by atoms with Gasteiger partial charge in [0.25, 0.3) is 5.91 Å². The van der Waals surface area contributed by atoms with E-state index in [9.17, 15) is 9.59 Å². The number of hydrazine groups is 1. The van der Waals surface area contributed by atoms with E-state index in [0.717, 1.165) is 22.6 Å². The number of thioether (sulfide) groups is 1. The minimum Gasteiger partial charge on any atom is -0.494 e. The molecular weight excluding hydrogens is 470 g/mol. The molecule has 2 heterocycles. The van der Waals surface area contributed by atoms with Crippen LogP contribution < -0.4 is 15.6 Å². The zero-order chi connectivity index (χ0) is 23.9. The summed E-state index contributed by atoms with van der Waals surface area (Å²) < 4.78 is 7.47. The van der Waals surface area contributed by atoms with Crippen LogP contribution in [0.15, 0.2) is 71.2 Å². The average molecular weight is 494 g/mol. The third-order valence-electron chi connectivity index (χ3n) is 4.71. The van der Waals surface area contributed by atoms with Crippen LogP contribution in [0.4, 0.5) is 0 Å². The van der Waals surface area contributed by atoms with Crippen molar-refractivity contribution in [3.8, 4) is 22.8 Å². The third kappa shape index (κ3) is 5.64. The summed E-state index contributed by atoms with van der Waals surface area (Å²) in [7, 11) is 0. The summed E-state index contributed by atoms with van der Waals surface area (Å²) in [6.45, 7) is 4.54. The molecule has 8 nitrogen and oxygen atoms in total. The fraction of sp³-hybridized carbons (Fsp3) is 0.167. The quantitative estimate of drug-likeness (QED) is 0.281. The lowest BCUT2D eigenvalue weighted by atomic mass is 10.1. The lowest BCUT2D eigenvalue weighted by Gasteiger charge is -2.12. The maximum absolute atomic E-state index is 12.4. The van der Waals surface area contributed by atoms with Crippen LogP contribution >= 0.6 is 23.1 Å². The summed E-state index contributed by atoms with van der Waals surface area (Å²) in [5.74, 6) is 0.780. The molecule has 0 saturated carbocycles. The van der Waals surface area contributed by atoms with Gasteiger partial charge < -0.3 is 4.74 Å². The van der Waals surface area contributed by atoms with Gasteiger partial charge >= 0.3 is 0 Å². The zero-order valence-electron chi connectivity index (χ0n) is 18.6. The highest BCUT2D eigenvalue weighted by atomic mass is 32.2. The summed E-state index contributed by atoms with van der Waals surface area (Å²) in [5.41, 5.74) is 7.73. The molecule has 2 amide bonds. The van der Waals surface area contributed by atoms with Crippen LogP contribution in [0.1, 0.15) is 22.2 Å². The number of amides is 2. The highest BCUT2D eigenvalue weighted by Gasteiger charge is 2.18. The van der Waals surface area contributed by atoms with E-state index < -0.39 is 0 Å². The first-order valence-corrected chi connectivity index (χ1v) is 12.4. The number of rotatable bonds is 8. The van der Waals surface area contributed by atoms with Crippen LogP contribution in [0.3, 0.4) is 0 Å². The molecular formula is C24H23N5O3S2. The van der Waals surface area contributed by atoms with Gasteiger partial charge in [-0.05, 0) is 55.6 Å². The third-order valence-corrected chi connectivity index (χ3v) is 6.51. The van der Waals surface area contributed by atoms with Crippen molar-refractivity contribution in [1.82, 2.24) is 25.6 Å². The van der Waals surface area contributed by atoms with E-state index in [4.69, 9.17) is 4.74 Å². The average Bonchev–Trinajstić information content (AvgIpc) is 3.52. The summed E-state index contributed by atoms with van der Waals surface area (Å²) in [4.78, 5) is 24.9. The van der Waals surface area contributed by atoms with Crippen molar-refractivity contribution in [1.29, 1.82) is 0 Å². The second-order valence-corrected chi connectivity index (χ2v) is 9.10. The Morgan fingerprint density at radius 1 is 1.06 bits per heavy atom. The van der Waals surface area contributed by atoms with E-state index in [1.54, 1.807) is 17.5 Å². The van der Waals surface area contributed by atoms with E-state index in [0.29, 0.717) is 22.5 Å². The van der Waals surface area contributed by atoms with Gasteiger partial charge in [-0.3, -0.25) is 25.0 Å². The van der Waals surface area contributed by atoms with Crippen LogP contribution in [0, 0.1) is 6.92 Å². The molecule has 0 unspecified atom stereocenters. The van der Waals surface area contributed by atoms with Gasteiger partial charge in [-0.2, -0.15) is 0 Å². The SMILES string of the molecule is CCOc1ccc(-n2c(SCC(=O)NNC(=O)c3cccs3)nnc2-c2cccc(C)c2)cc1. The van der Waals surface area contributed by atoms with Gasteiger partial charge in [0.2, 0.25) is 5.91 Å². The summed E-state index contributed by atoms with van der Waals surface area (Å²) in [6.07, 6.45) is 0. The monoisotopic (exact) mass is 493 g/mol. The minimum atomic E-state index is -0.354. The minimum absolute atomic E-state index is 0.0493. The fourth-order valence-electron chi connectivity index (χ4n) is 3.19. The Bertz CT molecular complexity index is 1270. The highest BCUT2D eigenvalue weighted by molar-refractivity contribution is 7.99. The molecule has 0 atom stereocenters. The van der Waals surface area contributed by atoms with Crippen molar-refractivity contribution in [3.63, 3.8) is 0 Å². The maximum Gasteiger partial charge on any atom is 0.279 e. The molecule has 4 rings (SSSR count). The Morgan fingerprint density at radius 2 is 1.88 bits per heavy atom.